The Hall–Kier alpha value is 0.140. The van der Waals surface area contributed by atoms with Crippen molar-refractivity contribution in [3.8, 4) is 0 Å². The molecule has 0 fully saturated rings. The number of rotatable bonds is 3. The maximum Gasteiger partial charge on any atom is 0.0380 e. The van der Waals surface area contributed by atoms with Crippen LogP contribution in [0.1, 0.15) is 39.3 Å². The first-order valence-electron chi connectivity index (χ1n) is 5.54. The molecule has 0 aliphatic heterocycles. The second-order valence-electron chi connectivity index (χ2n) is 5.02. The van der Waals surface area contributed by atoms with Gasteiger partial charge < -0.3 is 5.32 Å². The number of halogens is 2. The predicted octanol–water partition coefficient (Wildman–Crippen LogP) is 4.91. The van der Waals surface area contributed by atoms with Gasteiger partial charge in [0.1, 0.15) is 0 Å². The Morgan fingerprint density at radius 1 is 1.25 bits per heavy atom. The van der Waals surface area contributed by atoms with Crippen LogP contribution in [0.3, 0.4) is 0 Å². The summed E-state index contributed by atoms with van der Waals surface area (Å²) in [5.41, 5.74) is 1.52. The largest absolute Gasteiger partial charge is 0.310 e. The average molecular weight is 349 g/mol. The van der Waals surface area contributed by atoms with Crippen molar-refractivity contribution in [3.05, 3.63) is 32.7 Å². The molecule has 1 atom stereocenters. The third-order valence-electron chi connectivity index (χ3n) is 2.55. The van der Waals surface area contributed by atoms with Crippen LogP contribution in [0.25, 0.3) is 0 Å². The zero-order valence-corrected chi connectivity index (χ0v) is 13.4. The van der Waals surface area contributed by atoms with E-state index < -0.39 is 0 Å². The molecule has 0 aromatic heterocycles. The summed E-state index contributed by atoms with van der Waals surface area (Å²) in [6, 6.07) is 6.73. The van der Waals surface area contributed by atoms with Crippen LogP contribution < -0.4 is 5.32 Å². The Bertz CT molecular complexity index is 355. The third-order valence-corrected chi connectivity index (χ3v) is 3.73. The number of nitrogens with one attached hydrogen (secondary N) is 1. The van der Waals surface area contributed by atoms with Crippen molar-refractivity contribution >= 4 is 31.9 Å². The summed E-state index contributed by atoms with van der Waals surface area (Å²) in [5.74, 6) is 0. The van der Waals surface area contributed by atoms with Crippen molar-refractivity contribution in [1.82, 2.24) is 5.32 Å². The highest BCUT2D eigenvalue weighted by molar-refractivity contribution is 9.11. The molecule has 0 spiro atoms. The summed E-state index contributed by atoms with van der Waals surface area (Å²) in [6.07, 6.45) is 0. The lowest BCUT2D eigenvalue weighted by molar-refractivity contribution is 0.276. The SMILES string of the molecule is CCNC(c1ccc(Br)cc1Br)C(C)(C)C. The first kappa shape index (κ1) is 14.2. The van der Waals surface area contributed by atoms with Crippen LogP contribution in [-0.4, -0.2) is 6.54 Å². The van der Waals surface area contributed by atoms with Gasteiger partial charge in [-0.25, -0.2) is 0 Å². The molecule has 1 N–H and O–H groups in total. The minimum atomic E-state index is 0.201. The lowest BCUT2D eigenvalue weighted by Crippen LogP contribution is -2.32. The lowest BCUT2D eigenvalue weighted by Gasteiger charge is -2.32. The zero-order chi connectivity index (χ0) is 12.3. The monoisotopic (exact) mass is 347 g/mol. The summed E-state index contributed by atoms with van der Waals surface area (Å²) in [6.45, 7) is 9.90. The van der Waals surface area contributed by atoms with E-state index in [1.165, 1.54) is 5.56 Å². The molecule has 1 aromatic rings. The van der Waals surface area contributed by atoms with E-state index in [2.05, 4.69) is 83.1 Å². The lowest BCUT2D eigenvalue weighted by atomic mass is 9.82. The van der Waals surface area contributed by atoms with Crippen molar-refractivity contribution in [2.45, 2.75) is 33.7 Å². The van der Waals surface area contributed by atoms with Gasteiger partial charge in [0.05, 0.1) is 0 Å². The fourth-order valence-corrected chi connectivity index (χ4v) is 3.10. The van der Waals surface area contributed by atoms with Gasteiger partial charge >= 0.3 is 0 Å². The maximum absolute atomic E-state index is 3.64. The fraction of sp³-hybridized carbons (Fsp3) is 0.538. The first-order valence-corrected chi connectivity index (χ1v) is 7.13. The van der Waals surface area contributed by atoms with Gasteiger partial charge in [0.25, 0.3) is 0 Å². The quantitative estimate of drug-likeness (QED) is 0.818. The molecular weight excluding hydrogens is 330 g/mol. The van der Waals surface area contributed by atoms with Crippen LogP contribution in [-0.2, 0) is 0 Å². The molecule has 0 aliphatic rings. The molecule has 16 heavy (non-hydrogen) atoms. The molecular formula is C13H19Br2N. The molecule has 1 aromatic carbocycles. The topological polar surface area (TPSA) is 12.0 Å². The van der Waals surface area contributed by atoms with Crippen molar-refractivity contribution in [2.75, 3.05) is 6.54 Å². The van der Waals surface area contributed by atoms with Crippen LogP contribution >= 0.6 is 31.9 Å². The van der Waals surface area contributed by atoms with Crippen LogP contribution in [0.4, 0.5) is 0 Å². The van der Waals surface area contributed by atoms with E-state index in [0.717, 1.165) is 15.5 Å². The van der Waals surface area contributed by atoms with Crippen molar-refractivity contribution in [2.24, 2.45) is 5.41 Å². The number of hydrogen-bond acceptors (Lipinski definition) is 1. The minimum absolute atomic E-state index is 0.201. The van der Waals surface area contributed by atoms with Gasteiger partial charge in [-0.1, -0.05) is 65.6 Å². The Balaban J connectivity index is 3.11. The van der Waals surface area contributed by atoms with E-state index in [1.54, 1.807) is 0 Å². The molecule has 0 heterocycles. The number of benzene rings is 1. The van der Waals surface area contributed by atoms with Crippen LogP contribution in [0, 0.1) is 5.41 Å². The summed E-state index contributed by atoms with van der Waals surface area (Å²) in [5, 5.41) is 3.55. The molecule has 0 radical (unpaired) electrons. The van der Waals surface area contributed by atoms with Crippen LogP contribution in [0.15, 0.2) is 27.1 Å². The normalized spacial score (nSPS) is 13.9. The second kappa shape index (κ2) is 5.65. The smallest absolute Gasteiger partial charge is 0.0380 e. The van der Waals surface area contributed by atoms with E-state index in [1.807, 2.05) is 0 Å². The van der Waals surface area contributed by atoms with Gasteiger partial charge in [-0.3, -0.25) is 0 Å². The van der Waals surface area contributed by atoms with E-state index in [9.17, 15) is 0 Å². The van der Waals surface area contributed by atoms with E-state index >= 15 is 0 Å². The fourth-order valence-electron chi connectivity index (χ4n) is 1.82. The summed E-state index contributed by atoms with van der Waals surface area (Å²) in [4.78, 5) is 0. The summed E-state index contributed by atoms with van der Waals surface area (Å²) >= 11 is 7.12. The third kappa shape index (κ3) is 3.57. The van der Waals surface area contributed by atoms with Crippen LogP contribution in [0.2, 0.25) is 0 Å². The Morgan fingerprint density at radius 2 is 1.88 bits per heavy atom. The predicted molar refractivity (Wildman–Crippen MR) is 77.7 cm³/mol. The molecule has 0 aliphatic carbocycles. The highest BCUT2D eigenvalue weighted by Gasteiger charge is 2.26. The molecule has 0 saturated heterocycles. The van der Waals surface area contributed by atoms with Gasteiger partial charge in [0.2, 0.25) is 0 Å². The standard InChI is InChI=1S/C13H19Br2N/c1-5-16-12(13(2,3)4)10-7-6-9(14)8-11(10)15/h6-8,12,16H,5H2,1-4H3. The van der Waals surface area contributed by atoms with Gasteiger partial charge in [-0.05, 0) is 29.7 Å². The molecule has 1 nitrogen and oxygen atoms in total. The first-order chi connectivity index (χ1) is 7.36. The van der Waals surface area contributed by atoms with Gasteiger partial charge in [-0.2, -0.15) is 0 Å². The van der Waals surface area contributed by atoms with Crippen molar-refractivity contribution in [3.63, 3.8) is 0 Å². The molecule has 1 unspecified atom stereocenters. The Kier molecular flexibility index (Phi) is 5.02. The highest BCUT2D eigenvalue weighted by atomic mass is 79.9. The van der Waals surface area contributed by atoms with E-state index in [0.29, 0.717) is 6.04 Å². The molecule has 0 saturated carbocycles. The maximum atomic E-state index is 3.64. The average Bonchev–Trinajstić information content (AvgIpc) is 2.13. The molecule has 0 amide bonds. The van der Waals surface area contributed by atoms with E-state index in [4.69, 9.17) is 0 Å². The Morgan fingerprint density at radius 3 is 2.31 bits per heavy atom. The minimum Gasteiger partial charge on any atom is -0.310 e. The Labute approximate surface area is 115 Å². The summed E-state index contributed by atoms with van der Waals surface area (Å²) in [7, 11) is 0. The van der Waals surface area contributed by atoms with Crippen molar-refractivity contribution < 1.29 is 0 Å². The number of hydrogen-bond donors (Lipinski definition) is 1. The molecule has 3 heteroatoms. The van der Waals surface area contributed by atoms with E-state index in [-0.39, 0.29) is 5.41 Å². The van der Waals surface area contributed by atoms with Gasteiger partial charge in [0, 0.05) is 15.0 Å². The van der Waals surface area contributed by atoms with Gasteiger partial charge in [0.15, 0.2) is 0 Å². The molecule has 0 bridgehead atoms. The second-order valence-corrected chi connectivity index (χ2v) is 6.79. The molecule has 1 rings (SSSR count). The van der Waals surface area contributed by atoms with Crippen LogP contribution in [0.5, 0.6) is 0 Å². The highest BCUT2D eigenvalue weighted by Crippen LogP contribution is 2.37. The zero-order valence-electron chi connectivity index (χ0n) is 10.3. The van der Waals surface area contributed by atoms with Gasteiger partial charge in [-0.15, -0.1) is 0 Å². The summed E-state index contributed by atoms with van der Waals surface area (Å²) < 4.78 is 2.26. The molecule has 90 valence electrons. The van der Waals surface area contributed by atoms with Crippen molar-refractivity contribution in [1.29, 1.82) is 0 Å².